The van der Waals surface area contributed by atoms with Crippen molar-refractivity contribution in [3.05, 3.63) is 65.7 Å². The van der Waals surface area contributed by atoms with Gasteiger partial charge in [-0.25, -0.2) is 0 Å². The van der Waals surface area contributed by atoms with Crippen LogP contribution in [0.4, 0.5) is 5.69 Å². The third kappa shape index (κ3) is 2.50. The molecule has 2 fully saturated rings. The summed E-state index contributed by atoms with van der Waals surface area (Å²) in [5.41, 5.74) is 2.06. The van der Waals surface area contributed by atoms with Gasteiger partial charge in [-0.2, -0.15) is 0 Å². The van der Waals surface area contributed by atoms with Crippen molar-refractivity contribution in [1.29, 1.82) is 0 Å². The minimum Gasteiger partial charge on any atom is -0.342 e. The van der Waals surface area contributed by atoms with Crippen LogP contribution in [0.3, 0.4) is 0 Å². The van der Waals surface area contributed by atoms with Crippen molar-refractivity contribution < 1.29 is 9.59 Å². The molecule has 1 saturated carbocycles. The molecular formula is C24H26N2O2. The maximum atomic E-state index is 13.8. The van der Waals surface area contributed by atoms with Gasteiger partial charge in [0, 0.05) is 24.3 Å². The van der Waals surface area contributed by atoms with Crippen LogP contribution in [0.1, 0.15) is 60.4 Å². The number of para-hydroxylation sites is 1. The predicted octanol–water partition coefficient (Wildman–Crippen LogP) is 4.37. The molecule has 0 N–H and O–H groups in total. The minimum atomic E-state index is -0.452. The van der Waals surface area contributed by atoms with Crippen LogP contribution in [0.5, 0.6) is 0 Å². The number of fused-ring (bicyclic) bond motifs is 1. The van der Waals surface area contributed by atoms with E-state index in [4.69, 9.17) is 0 Å². The fourth-order valence-corrected chi connectivity index (χ4v) is 5.62. The van der Waals surface area contributed by atoms with Crippen molar-refractivity contribution in [2.45, 2.75) is 50.0 Å². The van der Waals surface area contributed by atoms with E-state index in [-0.39, 0.29) is 17.7 Å². The molecule has 28 heavy (non-hydrogen) atoms. The summed E-state index contributed by atoms with van der Waals surface area (Å²) in [6.07, 6.45) is 6.03. The maximum absolute atomic E-state index is 13.8. The number of rotatable bonds is 2. The lowest BCUT2D eigenvalue weighted by atomic mass is 9.70. The summed E-state index contributed by atoms with van der Waals surface area (Å²) in [7, 11) is 0. The molecule has 0 radical (unpaired) electrons. The smallest absolute Gasteiger partial charge is 0.259 e. The van der Waals surface area contributed by atoms with Crippen molar-refractivity contribution in [3.63, 3.8) is 0 Å². The molecule has 5 rings (SSSR count). The molecule has 4 heteroatoms. The summed E-state index contributed by atoms with van der Waals surface area (Å²) in [5, 5.41) is 0. The van der Waals surface area contributed by atoms with E-state index >= 15 is 0 Å². The number of nitrogens with zero attached hydrogens (tertiary/aromatic N) is 2. The van der Waals surface area contributed by atoms with Gasteiger partial charge in [-0.1, -0.05) is 49.2 Å². The highest BCUT2D eigenvalue weighted by Gasteiger charge is 2.56. The lowest BCUT2D eigenvalue weighted by molar-refractivity contribution is -0.133. The molecule has 2 aromatic rings. The number of anilines is 1. The number of amides is 2. The van der Waals surface area contributed by atoms with Gasteiger partial charge < -0.3 is 9.80 Å². The zero-order valence-corrected chi connectivity index (χ0v) is 16.1. The number of benzene rings is 2. The minimum absolute atomic E-state index is 0.0363. The number of carbonyl (C=O) groups excluding carboxylic acids is 2. The predicted molar refractivity (Wildman–Crippen MR) is 109 cm³/mol. The van der Waals surface area contributed by atoms with Crippen LogP contribution in [0.15, 0.2) is 54.6 Å². The van der Waals surface area contributed by atoms with Crippen LogP contribution in [-0.2, 0) is 4.79 Å². The zero-order chi connectivity index (χ0) is 19.1. The summed E-state index contributed by atoms with van der Waals surface area (Å²) >= 11 is 0. The molecule has 0 aromatic heterocycles. The van der Waals surface area contributed by atoms with Gasteiger partial charge in [-0.05, 0) is 49.4 Å². The molecule has 3 aliphatic rings. The third-order valence-electron chi connectivity index (χ3n) is 6.84. The van der Waals surface area contributed by atoms with Crippen LogP contribution in [0.2, 0.25) is 0 Å². The second kappa shape index (κ2) is 6.77. The highest BCUT2D eigenvalue weighted by molar-refractivity contribution is 6.12. The SMILES string of the molecule is O=C([C@H]1c2ccccc2C(=O)N(c2ccccc2)C12CCCC2)N1CCCC1. The lowest BCUT2D eigenvalue weighted by Gasteiger charge is -2.50. The molecule has 144 valence electrons. The van der Waals surface area contributed by atoms with Crippen LogP contribution < -0.4 is 4.90 Å². The number of carbonyl (C=O) groups is 2. The van der Waals surface area contributed by atoms with Gasteiger partial charge >= 0.3 is 0 Å². The molecule has 0 unspecified atom stereocenters. The first-order valence-electron chi connectivity index (χ1n) is 10.5. The Balaban J connectivity index is 1.72. The topological polar surface area (TPSA) is 40.6 Å². The van der Waals surface area contributed by atoms with E-state index in [0.29, 0.717) is 5.56 Å². The van der Waals surface area contributed by atoms with Crippen molar-refractivity contribution in [2.24, 2.45) is 0 Å². The molecule has 1 spiro atoms. The number of hydrogen-bond acceptors (Lipinski definition) is 2. The van der Waals surface area contributed by atoms with Gasteiger partial charge in [0.2, 0.25) is 5.91 Å². The van der Waals surface area contributed by atoms with Gasteiger partial charge in [0.25, 0.3) is 5.91 Å². The molecule has 2 aromatic carbocycles. The highest BCUT2D eigenvalue weighted by Crippen LogP contribution is 2.52. The van der Waals surface area contributed by atoms with Crippen molar-refractivity contribution >= 4 is 17.5 Å². The summed E-state index contributed by atoms with van der Waals surface area (Å²) in [4.78, 5) is 31.5. The number of hydrogen-bond donors (Lipinski definition) is 0. The largest absolute Gasteiger partial charge is 0.342 e. The van der Waals surface area contributed by atoms with Crippen LogP contribution in [-0.4, -0.2) is 35.3 Å². The Morgan fingerprint density at radius 3 is 2.21 bits per heavy atom. The first-order valence-corrected chi connectivity index (χ1v) is 10.5. The fourth-order valence-electron chi connectivity index (χ4n) is 5.62. The van der Waals surface area contributed by atoms with Gasteiger partial charge in [-0.15, -0.1) is 0 Å². The second-order valence-electron chi connectivity index (χ2n) is 8.34. The Hall–Kier alpha value is -2.62. The fraction of sp³-hybridized carbons (Fsp3) is 0.417. The molecular weight excluding hydrogens is 348 g/mol. The summed E-state index contributed by atoms with van der Waals surface area (Å²) in [6, 6.07) is 17.7. The summed E-state index contributed by atoms with van der Waals surface area (Å²) in [5.74, 6) is -0.0309. The van der Waals surface area contributed by atoms with Crippen LogP contribution in [0, 0.1) is 0 Å². The van der Waals surface area contributed by atoms with Crippen LogP contribution >= 0.6 is 0 Å². The first-order chi connectivity index (χ1) is 13.7. The van der Waals surface area contributed by atoms with Crippen molar-refractivity contribution in [3.8, 4) is 0 Å². The van der Waals surface area contributed by atoms with Crippen LogP contribution in [0.25, 0.3) is 0 Å². The van der Waals surface area contributed by atoms with E-state index in [1.807, 2.05) is 64.4 Å². The van der Waals surface area contributed by atoms with E-state index in [1.54, 1.807) is 0 Å². The summed E-state index contributed by atoms with van der Waals surface area (Å²) in [6.45, 7) is 1.68. The molecule has 1 saturated heterocycles. The van der Waals surface area contributed by atoms with Gasteiger partial charge in [0.15, 0.2) is 0 Å². The first kappa shape index (κ1) is 17.5. The standard InChI is InChI=1S/C24H26N2O2/c27-22-20-13-5-4-12-19(20)21(23(28)25-16-8-9-17-25)24(14-6-7-15-24)26(22)18-10-2-1-3-11-18/h1-5,10-13,21H,6-9,14-17H2/t21-/m1/s1. The van der Waals surface area contributed by atoms with E-state index < -0.39 is 5.54 Å². The Bertz CT molecular complexity index is 896. The van der Waals surface area contributed by atoms with E-state index in [9.17, 15) is 9.59 Å². The van der Waals surface area contributed by atoms with E-state index in [2.05, 4.69) is 0 Å². The average Bonchev–Trinajstić information content (AvgIpc) is 3.42. The highest BCUT2D eigenvalue weighted by atomic mass is 16.2. The Morgan fingerprint density at radius 2 is 1.50 bits per heavy atom. The normalized spacial score (nSPS) is 23.3. The second-order valence-corrected chi connectivity index (χ2v) is 8.34. The van der Waals surface area contributed by atoms with Gasteiger partial charge in [0.1, 0.15) is 0 Å². The molecule has 1 atom stereocenters. The Morgan fingerprint density at radius 1 is 0.857 bits per heavy atom. The molecule has 4 nitrogen and oxygen atoms in total. The molecule has 2 amide bonds. The van der Waals surface area contributed by atoms with E-state index in [1.165, 1.54) is 0 Å². The Kier molecular flexibility index (Phi) is 4.22. The van der Waals surface area contributed by atoms with Crippen molar-refractivity contribution in [1.82, 2.24) is 4.90 Å². The van der Waals surface area contributed by atoms with Crippen molar-refractivity contribution in [2.75, 3.05) is 18.0 Å². The molecule has 1 aliphatic carbocycles. The molecule has 2 heterocycles. The number of likely N-dealkylation sites (tertiary alicyclic amines) is 1. The van der Waals surface area contributed by atoms with E-state index in [0.717, 1.165) is 62.9 Å². The van der Waals surface area contributed by atoms with Gasteiger partial charge in [-0.3, -0.25) is 9.59 Å². The summed E-state index contributed by atoms with van der Waals surface area (Å²) < 4.78 is 0. The Labute approximate surface area is 166 Å². The zero-order valence-electron chi connectivity index (χ0n) is 16.1. The van der Waals surface area contributed by atoms with Gasteiger partial charge in [0.05, 0.1) is 11.5 Å². The molecule has 0 bridgehead atoms. The maximum Gasteiger partial charge on any atom is 0.259 e. The monoisotopic (exact) mass is 374 g/mol. The third-order valence-corrected chi connectivity index (χ3v) is 6.84. The lowest BCUT2D eigenvalue weighted by Crippen LogP contribution is -2.61. The molecule has 2 aliphatic heterocycles. The quantitative estimate of drug-likeness (QED) is 0.783. The average molecular weight is 374 g/mol.